The van der Waals surface area contributed by atoms with Crippen molar-refractivity contribution in [3.63, 3.8) is 0 Å². The Morgan fingerprint density at radius 2 is 1.89 bits per heavy atom. The molecule has 1 aromatic carbocycles. The molecule has 104 valence electrons. The number of aryl methyl sites for hydroxylation is 1. The van der Waals surface area contributed by atoms with E-state index in [1.165, 1.54) is 0 Å². The average Bonchev–Trinajstić information content (AvgIpc) is 2.67. The average molecular weight is 268 g/mol. The number of aliphatic hydroxyl groups excluding tert-OH is 3. The van der Waals surface area contributed by atoms with Crippen LogP contribution in [0.4, 0.5) is 0 Å². The van der Waals surface area contributed by atoms with Gasteiger partial charge in [-0.15, -0.1) is 0 Å². The zero-order chi connectivity index (χ0) is 14.0. The highest BCUT2D eigenvalue weighted by Crippen LogP contribution is 2.23. The van der Waals surface area contributed by atoms with Gasteiger partial charge in [0.05, 0.1) is 12.2 Å². The van der Waals surface area contributed by atoms with E-state index < -0.39 is 37.2 Å². The first-order valence-corrected chi connectivity index (χ1v) is 5.93. The predicted molar refractivity (Wildman–Crippen MR) is 64.4 cm³/mol. The fourth-order valence-corrected chi connectivity index (χ4v) is 1.83. The van der Waals surface area contributed by atoms with Crippen molar-refractivity contribution in [2.45, 2.75) is 31.5 Å². The third-order valence-electron chi connectivity index (χ3n) is 3.01. The van der Waals surface area contributed by atoms with Crippen LogP contribution in [0.3, 0.4) is 0 Å². The molecule has 0 amide bonds. The van der Waals surface area contributed by atoms with E-state index >= 15 is 0 Å². The Hall–Kier alpha value is -1.47. The number of hydrogen-bond donors (Lipinski definition) is 3. The van der Waals surface area contributed by atoms with Gasteiger partial charge in [0.25, 0.3) is 0 Å². The normalized spacial score (nSPS) is 30.3. The lowest BCUT2D eigenvalue weighted by atomic mass is 10.1. The molecule has 0 aromatic heterocycles. The van der Waals surface area contributed by atoms with Crippen molar-refractivity contribution in [2.24, 2.45) is 0 Å². The molecule has 0 saturated carbocycles. The fourth-order valence-electron chi connectivity index (χ4n) is 1.83. The van der Waals surface area contributed by atoms with Crippen LogP contribution < -0.4 is 0 Å². The molecule has 1 aliphatic rings. The Balaban J connectivity index is 2.01. The molecule has 1 saturated heterocycles. The SMILES string of the molecule is Cc1ccc(C(=O)O[C@@H]2OC(CO)[C@@H](O)[C@H]2O)cc1. The Kier molecular flexibility index (Phi) is 4.16. The second-order valence-electron chi connectivity index (χ2n) is 4.48. The van der Waals surface area contributed by atoms with Gasteiger partial charge in [-0.25, -0.2) is 4.79 Å². The third-order valence-corrected chi connectivity index (χ3v) is 3.01. The van der Waals surface area contributed by atoms with Gasteiger partial charge in [-0.05, 0) is 19.1 Å². The van der Waals surface area contributed by atoms with Crippen molar-refractivity contribution in [1.29, 1.82) is 0 Å². The highest BCUT2D eigenvalue weighted by molar-refractivity contribution is 5.89. The van der Waals surface area contributed by atoms with Crippen molar-refractivity contribution < 1.29 is 29.6 Å². The first kappa shape index (κ1) is 14.0. The number of rotatable bonds is 3. The van der Waals surface area contributed by atoms with Crippen LogP contribution in [-0.4, -0.2) is 52.5 Å². The standard InChI is InChI=1S/C13H16O6/c1-7-2-4-8(5-3-7)12(17)19-13-11(16)10(15)9(6-14)18-13/h2-5,9-11,13-16H,6H2,1H3/t9?,10-,11-,13+/m1/s1. The number of esters is 1. The number of ether oxygens (including phenoxy) is 2. The van der Waals surface area contributed by atoms with Crippen LogP contribution in [0.15, 0.2) is 24.3 Å². The number of carbonyl (C=O) groups is 1. The summed E-state index contributed by atoms with van der Waals surface area (Å²) in [7, 11) is 0. The lowest BCUT2D eigenvalue weighted by Gasteiger charge is -2.15. The van der Waals surface area contributed by atoms with Gasteiger partial charge in [0, 0.05) is 0 Å². The van der Waals surface area contributed by atoms with Gasteiger partial charge < -0.3 is 24.8 Å². The molecular formula is C13H16O6. The Labute approximate surface area is 110 Å². The second kappa shape index (κ2) is 5.66. The molecule has 1 aliphatic heterocycles. The Morgan fingerprint density at radius 3 is 2.42 bits per heavy atom. The van der Waals surface area contributed by atoms with Crippen molar-refractivity contribution in [2.75, 3.05) is 6.61 Å². The van der Waals surface area contributed by atoms with Gasteiger partial charge in [0.1, 0.15) is 18.3 Å². The summed E-state index contributed by atoms with van der Waals surface area (Å²) in [4.78, 5) is 11.8. The summed E-state index contributed by atoms with van der Waals surface area (Å²) >= 11 is 0. The molecule has 1 aromatic rings. The van der Waals surface area contributed by atoms with Crippen LogP contribution in [0.25, 0.3) is 0 Å². The molecule has 6 nitrogen and oxygen atoms in total. The van der Waals surface area contributed by atoms with E-state index in [9.17, 15) is 15.0 Å². The summed E-state index contributed by atoms with van der Waals surface area (Å²) < 4.78 is 10.0. The van der Waals surface area contributed by atoms with E-state index in [1.807, 2.05) is 6.92 Å². The van der Waals surface area contributed by atoms with Crippen molar-refractivity contribution in [3.8, 4) is 0 Å². The number of benzene rings is 1. The number of aliphatic hydroxyl groups is 3. The van der Waals surface area contributed by atoms with Gasteiger partial charge in [-0.3, -0.25) is 0 Å². The third kappa shape index (κ3) is 2.93. The minimum atomic E-state index is -1.37. The Bertz CT molecular complexity index is 443. The van der Waals surface area contributed by atoms with Crippen LogP contribution in [-0.2, 0) is 9.47 Å². The molecule has 3 N–H and O–H groups in total. The van der Waals surface area contributed by atoms with Crippen LogP contribution in [0, 0.1) is 6.92 Å². The summed E-state index contributed by atoms with van der Waals surface area (Å²) in [6, 6.07) is 6.71. The maximum Gasteiger partial charge on any atom is 0.340 e. The van der Waals surface area contributed by atoms with Gasteiger partial charge in [0.15, 0.2) is 0 Å². The lowest BCUT2D eigenvalue weighted by Crippen LogP contribution is -2.35. The predicted octanol–water partition coefficient (Wildman–Crippen LogP) is -0.409. The van der Waals surface area contributed by atoms with E-state index in [0.29, 0.717) is 5.56 Å². The van der Waals surface area contributed by atoms with Gasteiger partial charge in [0.2, 0.25) is 6.29 Å². The first-order valence-electron chi connectivity index (χ1n) is 5.93. The van der Waals surface area contributed by atoms with E-state index in [2.05, 4.69) is 0 Å². The van der Waals surface area contributed by atoms with Crippen LogP contribution in [0.1, 0.15) is 15.9 Å². The maximum atomic E-state index is 11.8. The number of carbonyl (C=O) groups excluding carboxylic acids is 1. The maximum absolute atomic E-state index is 11.8. The van der Waals surface area contributed by atoms with Crippen LogP contribution >= 0.6 is 0 Å². The molecule has 2 rings (SSSR count). The summed E-state index contributed by atoms with van der Waals surface area (Å²) in [6.45, 7) is 1.43. The summed E-state index contributed by atoms with van der Waals surface area (Å²) in [5, 5.41) is 28.1. The topological polar surface area (TPSA) is 96.2 Å². The van der Waals surface area contributed by atoms with Crippen LogP contribution in [0.2, 0.25) is 0 Å². The molecule has 1 unspecified atom stereocenters. The van der Waals surface area contributed by atoms with Crippen molar-refractivity contribution >= 4 is 5.97 Å². The van der Waals surface area contributed by atoms with E-state index in [4.69, 9.17) is 14.6 Å². The molecular weight excluding hydrogens is 252 g/mol. The monoisotopic (exact) mass is 268 g/mol. The smallest absolute Gasteiger partial charge is 0.340 e. The van der Waals surface area contributed by atoms with E-state index in [0.717, 1.165) is 5.56 Å². The number of hydrogen-bond acceptors (Lipinski definition) is 6. The van der Waals surface area contributed by atoms with Crippen molar-refractivity contribution in [3.05, 3.63) is 35.4 Å². The van der Waals surface area contributed by atoms with Crippen LogP contribution in [0.5, 0.6) is 0 Å². The highest BCUT2D eigenvalue weighted by atomic mass is 16.7. The summed E-state index contributed by atoms with van der Waals surface area (Å²) in [5.74, 6) is -0.658. The first-order chi connectivity index (χ1) is 9.02. The second-order valence-corrected chi connectivity index (χ2v) is 4.48. The molecule has 1 fully saturated rings. The highest BCUT2D eigenvalue weighted by Gasteiger charge is 2.44. The molecule has 4 atom stereocenters. The Morgan fingerprint density at radius 1 is 1.26 bits per heavy atom. The molecule has 0 spiro atoms. The largest absolute Gasteiger partial charge is 0.429 e. The summed E-state index contributed by atoms with van der Waals surface area (Å²) in [6.07, 6.45) is -4.88. The van der Waals surface area contributed by atoms with E-state index in [-0.39, 0.29) is 0 Å². The van der Waals surface area contributed by atoms with Gasteiger partial charge in [-0.2, -0.15) is 0 Å². The lowest BCUT2D eigenvalue weighted by molar-refractivity contribution is -0.139. The molecule has 0 radical (unpaired) electrons. The van der Waals surface area contributed by atoms with Crippen molar-refractivity contribution in [1.82, 2.24) is 0 Å². The molecule has 6 heteroatoms. The van der Waals surface area contributed by atoms with Gasteiger partial charge in [-0.1, -0.05) is 17.7 Å². The summed E-state index contributed by atoms with van der Waals surface area (Å²) in [5.41, 5.74) is 1.33. The minimum Gasteiger partial charge on any atom is -0.429 e. The quantitative estimate of drug-likeness (QED) is 0.645. The molecule has 19 heavy (non-hydrogen) atoms. The molecule has 0 bridgehead atoms. The van der Waals surface area contributed by atoms with E-state index in [1.54, 1.807) is 24.3 Å². The zero-order valence-corrected chi connectivity index (χ0v) is 10.4. The molecule has 0 aliphatic carbocycles. The minimum absolute atomic E-state index is 0.323. The fraction of sp³-hybridized carbons (Fsp3) is 0.462. The van der Waals surface area contributed by atoms with Gasteiger partial charge >= 0.3 is 5.97 Å². The molecule has 1 heterocycles. The zero-order valence-electron chi connectivity index (χ0n) is 10.4.